The molecule has 0 aliphatic carbocycles. The van der Waals surface area contributed by atoms with Crippen LogP contribution in [-0.2, 0) is 15.9 Å². The first-order chi connectivity index (χ1) is 5.09. The summed E-state index contributed by atoms with van der Waals surface area (Å²) in [6, 6.07) is -1.58. The van der Waals surface area contributed by atoms with Crippen LogP contribution in [0.2, 0.25) is 0 Å². The molecule has 1 unspecified atom stereocenters. The van der Waals surface area contributed by atoms with Gasteiger partial charge in [0.25, 0.3) is 5.91 Å². The largest absolute Gasteiger partial charge is 1.00 e. The molecule has 0 aromatic heterocycles. The van der Waals surface area contributed by atoms with Crippen molar-refractivity contribution in [3.63, 3.8) is 0 Å². The first-order valence-corrected chi connectivity index (χ1v) is 4.01. The molecule has 0 spiro atoms. The molecule has 0 radical (unpaired) electrons. The molecule has 8 heteroatoms. The molecule has 0 aromatic carbocycles. The minimum absolute atomic E-state index is 0. The van der Waals surface area contributed by atoms with Crippen LogP contribution in [0, 0.1) is 0 Å². The SMILES string of the molecule is O=C1NC(=O)[C@H](CS(=O)[O-])N1.[Na+]. The van der Waals surface area contributed by atoms with Gasteiger partial charge >= 0.3 is 35.6 Å². The maximum absolute atomic E-state index is 10.7. The molecule has 1 saturated heterocycles. The summed E-state index contributed by atoms with van der Waals surface area (Å²) in [5, 5.41) is 4.05. The molecular formula is C4H5N2NaO4S. The summed E-state index contributed by atoms with van der Waals surface area (Å²) >= 11 is -2.32. The van der Waals surface area contributed by atoms with Crippen LogP contribution in [0.25, 0.3) is 0 Å². The van der Waals surface area contributed by atoms with Crippen molar-refractivity contribution in [3.8, 4) is 0 Å². The summed E-state index contributed by atoms with van der Waals surface area (Å²) in [6.07, 6.45) is 0. The van der Waals surface area contributed by atoms with Gasteiger partial charge < -0.3 is 9.87 Å². The number of carbonyl (C=O) groups excluding carboxylic acids is 2. The number of hydrogen-bond acceptors (Lipinski definition) is 4. The van der Waals surface area contributed by atoms with E-state index in [1.807, 2.05) is 5.32 Å². The van der Waals surface area contributed by atoms with Crippen LogP contribution in [0.3, 0.4) is 0 Å². The minimum atomic E-state index is -2.32. The van der Waals surface area contributed by atoms with Crippen LogP contribution in [0.1, 0.15) is 0 Å². The fraction of sp³-hybridized carbons (Fsp3) is 0.500. The predicted molar refractivity (Wildman–Crippen MR) is 34.2 cm³/mol. The normalized spacial score (nSPS) is 23.9. The van der Waals surface area contributed by atoms with E-state index in [2.05, 4.69) is 5.32 Å². The van der Waals surface area contributed by atoms with Crippen molar-refractivity contribution in [1.29, 1.82) is 0 Å². The zero-order valence-corrected chi connectivity index (χ0v) is 9.14. The summed E-state index contributed by atoms with van der Waals surface area (Å²) in [6.45, 7) is 0. The number of urea groups is 1. The predicted octanol–water partition coefficient (Wildman–Crippen LogP) is -4.92. The van der Waals surface area contributed by atoms with E-state index in [9.17, 15) is 18.4 Å². The number of rotatable bonds is 2. The fourth-order valence-corrected chi connectivity index (χ4v) is 1.22. The molecule has 0 aromatic rings. The molecule has 1 aliphatic heterocycles. The number of carbonyl (C=O) groups is 2. The Labute approximate surface area is 93.0 Å². The Bertz CT molecular complexity index is 233. The van der Waals surface area contributed by atoms with Gasteiger partial charge in [-0.1, -0.05) is 11.1 Å². The molecule has 1 fully saturated rings. The van der Waals surface area contributed by atoms with Gasteiger partial charge in [0.05, 0.1) is 0 Å². The molecule has 2 atom stereocenters. The molecule has 62 valence electrons. The van der Waals surface area contributed by atoms with E-state index in [1.54, 1.807) is 0 Å². The molecule has 6 nitrogen and oxygen atoms in total. The maximum atomic E-state index is 10.7. The third kappa shape index (κ3) is 3.20. The standard InChI is InChI=1S/C4H6N2O4S.Na/c7-3-2(1-11(9)10)5-4(8)6-3;/h2H,1H2,(H,9,10)(H2,5,6,7,8);/q;+1/p-1/t2-;/m0./s1. The molecule has 1 aliphatic rings. The van der Waals surface area contributed by atoms with E-state index in [0.717, 1.165) is 0 Å². The van der Waals surface area contributed by atoms with Gasteiger partial charge in [-0.25, -0.2) is 4.79 Å². The zero-order valence-electron chi connectivity index (χ0n) is 6.33. The Kier molecular flexibility index (Phi) is 4.95. The van der Waals surface area contributed by atoms with E-state index >= 15 is 0 Å². The average Bonchev–Trinajstić information content (AvgIpc) is 2.09. The van der Waals surface area contributed by atoms with Crippen LogP contribution in [0.15, 0.2) is 0 Å². The third-order valence-corrected chi connectivity index (χ3v) is 1.77. The van der Waals surface area contributed by atoms with Gasteiger partial charge in [-0.2, -0.15) is 0 Å². The van der Waals surface area contributed by atoms with Crippen LogP contribution < -0.4 is 40.2 Å². The zero-order chi connectivity index (χ0) is 8.43. The van der Waals surface area contributed by atoms with E-state index in [-0.39, 0.29) is 35.3 Å². The van der Waals surface area contributed by atoms with Crippen molar-refractivity contribution in [1.82, 2.24) is 10.6 Å². The van der Waals surface area contributed by atoms with Gasteiger partial charge in [-0.15, -0.1) is 0 Å². The smallest absolute Gasteiger partial charge is 0.772 e. The van der Waals surface area contributed by atoms with Crippen molar-refractivity contribution in [2.24, 2.45) is 0 Å². The summed E-state index contributed by atoms with van der Waals surface area (Å²) in [5.41, 5.74) is 0. The first-order valence-electron chi connectivity index (χ1n) is 2.77. The molecule has 1 rings (SSSR count). The van der Waals surface area contributed by atoms with Gasteiger partial charge in [0.1, 0.15) is 6.04 Å². The van der Waals surface area contributed by atoms with Crippen molar-refractivity contribution in [2.45, 2.75) is 6.04 Å². The first kappa shape index (κ1) is 12.0. The van der Waals surface area contributed by atoms with Gasteiger partial charge in [0.2, 0.25) is 0 Å². The summed E-state index contributed by atoms with van der Waals surface area (Å²) < 4.78 is 20.2. The van der Waals surface area contributed by atoms with Crippen molar-refractivity contribution in [3.05, 3.63) is 0 Å². The van der Waals surface area contributed by atoms with Gasteiger partial charge in [0, 0.05) is 5.75 Å². The van der Waals surface area contributed by atoms with Gasteiger partial charge in [-0.05, 0) is 0 Å². The summed E-state index contributed by atoms with van der Waals surface area (Å²) in [7, 11) is 0. The van der Waals surface area contributed by atoms with Crippen molar-refractivity contribution < 1.29 is 47.9 Å². The van der Waals surface area contributed by atoms with Gasteiger partial charge in [0.15, 0.2) is 0 Å². The van der Waals surface area contributed by atoms with Crippen LogP contribution in [0.4, 0.5) is 4.79 Å². The maximum Gasteiger partial charge on any atom is 1.00 e. The van der Waals surface area contributed by atoms with E-state index in [4.69, 9.17) is 0 Å². The molecule has 0 saturated carbocycles. The van der Waals surface area contributed by atoms with E-state index < -0.39 is 29.1 Å². The Morgan fingerprint density at radius 2 is 2.08 bits per heavy atom. The van der Waals surface area contributed by atoms with Crippen LogP contribution >= 0.6 is 0 Å². The summed E-state index contributed by atoms with van der Waals surface area (Å²) in [4.78, 5) is 21.1. The molecule has 2 N–H and O–H groups in total. The molecule has 3 amide bonds. The molecular weight excluding hydrogens is 195 g/mol. The van der Waals surface area contributed by atoms with Crippen LogP contribution in [0.5, 0.6) is 0 Å². The Morgan fingerprint density at radius 1 is 1.50 bits per heavy atom. The number of hydrogen-bond donors (Lipinski definition) is 2. The molecule has 12 heavy (non-hydrogen) atoms. The van der Waals surface area contributed by atoms with Gasteiger partial charge in [-0.3, -0.25) is 14.3 Å². The number of imide groups is 1. The van der Waals surface area contributed by atoms with Crippen LogP contribution in [-0.4, -0.2) is 32.5 Å². The minimum Gasteiger partial charge on any atom is -0.772 e. The topological polar surface area (TPSA) is 98.3 Å². The number of nitrogens with one attached hydrogen (secondary N) is 2. The van der Waals surface area contributed by atoms with E-state index in [0.29, 0.717) is 0 Å². The second-order valence-electron chi connectivity index (χ2n) is 1.99. The number of amides is 3. The monoisotopic (exact) mass is 200 g/mol. The Balaban J connectivity index is 0.00000121. The second kappa shape index (κ2) is 4.93. The summed E-state index contributed by atoms with van der Waals surface area (Å²) in [5.74, 6) is -0.975. The Morgan fingerprint density at radius 3 is 2.42 bits per heavy atom. The van der Waals surface area contributed by atoms with E-state index in [1.165, 1.54) is 0 Å². The fourth-order valence-electron chi connectivity index (χ4n) is 0.712. The average molecular weight is 200 g/mol. The quantitative estimate of drug-likeness (QED) is 0.265. The third-order valence-electron chi connectivity index (χ3n) is 1.16. The molecule has 1 heterocycles. The Hall–Kier alpha value is 0.0500. The van der Waals surface area contributed by atoms with Crippen molar-refractivity contribution >= 4 is 23.0 Å². The molecule has 0 bridgehead atoms. The van der Waals surface area contributed by atoms with Crippen molar-refractivity contribution in [2.75, 3.05) is 5.75 Å². The second-order valence-corrected chi connectivity index (χ2v) is 2.93.